The van der Waals surface area contributed by atoms with Gasteiger partial charge in [0.1, 0.15) is 0 Å². The number of hydrogen-bond donors (Lipinski definition) is 3. The average molecular weight is 296 g/mol. The highest BCUT2D eigenvalue weighted by atomic mass is 35.5. The molecule has 0 bridgehead atoms. The summed E-state index contributed by atoms with van der Waals surface area (Å²) in [6, 6.07) is 5.29. The Kier molecular flexibility index (Phi) is 4.89. The van der Waals surface area contributed by atoms with Gasteiger partial charge >= 0.3 is 0 Å². The number of anilines is 1. The molecular formula is C15H22ClN3O. The fourth-order valence-electron chi connectivity index (χ4n) is 3.10. The van der Waals surface area contributed by atoms with E-state index < -0.39 is 0 Å². The zero-order chi connectivity index (χ0) is 14.7. The molecule has 2 rings (SSSR count). The van der Waals surface area contributed by atoms with Crippen molar-refractivity contribution in [2.45, 2.75) is 39.2 Å². The van der Waals surface area contributed by atoms with Gasteiger partial charge in [-0.25, -0.2) is 0 Å². The van der Waals surface area contributed by atoms with Gasteiger partial charge in [0.2, 0.25) is 0 Å². The predicted octanol–water partition coefficient (Wildman–Crippen LogP) is 3.18. The molecule has 0 saturated heterocycles. The van der Waals surface area contributed by atoms with Gasteiger partial charge in [-0.15, -0.1) is 0 Å². The quantitative estimate of drug-likeness (QED) is 0.590. The minimum absolute atomic E-state index is 0.117. The van der Waals surface area contributed by atoms with E-state index in [1.54, 1.807) is 18.2 Å². The van der Waals surface area contributed by atoms with Crippen molar-refractivity contribution in [3.8, 4) is 0 Å². The Balaban J connectivity index is 2.11. The number of benzene rings is 1. The molecule has 0 aromatic heterocycles. The number of halogens is 1. The highest BCUT2D eigenvalue weighted by molar-refractivity contribution is 6.31. The Bertz CT molecular complexity index is 492. The van der Waals surface area contributed by atoms with E-state index in [0.29, 0.717) is 28.1 Å². The van der Waals surface area contributed by atoms with Crippen LogP contribution in [0.3, 0.4) is 0 Å². The van der Waals surface area contributed by atoms with Gasteiger partial charge in [-0.3, -0.25) is 10.6 Å². The van der Waals surface area contributed by atoms with Crippen molar-refractivity contribution in [2.24, 2.45) is 17.7 Å². The maximum Gasteiger partial charge on any atom is 0.253 e. The number of carbonyl (C=O) groups is 1. The van der Waals surface area contributed by atoms with Crippen molar-refractivity contribution in [1.82, 2.24) is 5.32 Å². The molecule has 4 N–H and O–H groups in total. The lowest BCUT2D eigenvalue weighted by atomic mass is 9.93. The highest BCUT2D eigenvalue weighted by Gasteiger charge is 2.32. The van der Waals surface area contributed by atoms with E-state index in [9.17, 15) is 4.79 Å². The average Bonchev–Trinajstić information content (AvgIpc) is 2.79. The van der Waals surface area contributed by atoms with Crippen LogP contribution in [0.4, 0.5) is 5.69 Å². The third kappa shape index (κ3) is 3.07. The fourth-order valence-corrected chi connectivity index (χ4v) is 3.28. The Labute approximate surface area is 125 Å². The van der Waals surface area contributed by atoms with Gasteiger partial charge in [0.15, 0.2) is 0 Å². The van der Waals surface area contributed by atoms with Crippen molar-refractivity contribution in [2.75, 3.05) is 5.43 Å². The zero-order valence-corrected chi connectivity index (χ0v) is 12.7. The van der Waals surface area contributed by atoms with Gasteiger partial charge in [0.05, 0.1) is 11.3 Å². The second-order valence-electron chi connectivity index (χ2n) is 5.52. The molecule has 3 unspecified atom stereocenters. The number of rotatable bonds is 4. The third-order valence-corrected chi connectivity index (χ3v) is 4.68. The molecule has 20 heavy (non-hydrogen) atoms. The molecule has 110 valence electrons. The number of amides is 1. The van der Waals surface area contributed by atoms with Gasteiger partial charge in [-0.1, -0.05) is 31.9 Å². The lowest BCUT2D eigenvalue weighted by molar-refractivity contribution is 0.0927. The van der Waals surface area contributed by atoms with Crippen LogP contribution in [-0.2, 0) is 0 Å². The van der Waals surface area contributed by atoms with E-state index >= 15 is 0 Å². The Morgan fingerprint density at radius 2 is 2.20 bits per heavy atom. The predicted molar refractivity (Wildman–Crippen MR) is 82.7 cm³/mol. The number of hydrogen-bond acceptors (Lipinski definition) is 3. The van der Waals surface area contributed by atoms with Crippen LogP contribution in [0.5, 0.6) is 0 Å². The smallest absolute Gasteiger partial charge is 0.253 e. The lowest BCUT2D eigenvalue weighted by Crippen LogP contribution is -2.38. The van der Waals surface area contributed by atoms with Gasteiger partial charge in [0, 0.05) is 11.1 Å². The van der Waals surface area contributed by atoms with Crippen molar-refractivity contribution >= 4 is 23.2 Å². The molecule has 1 amide bonds. The first-order chi connectivity index (χ1) is 9.56. The normalized spacial score (nSPS) is 25.5. The van der Waals surface area contributed by atoms with E-state index in [1.807, 2.05) is 0 Å². The third-order valence-electron chi connectivity index (χ3n) is 4.45. The number of nitrogens with one attached hydrogen (secondary N) is 2. The second-order valence-corrected chi connectivity index (χ2v) is 5.96. The Morgan fingerprint density at radius 3 is 2.80 bits per heavy atom. The van der Waals surface area contributed by atoms with Crippen LogP contribution < -0.4 is 16.6 Å². The maximum absolute atomic E-state index is 12.4. The van der Waals surface area contributed by atoms with Gasteiger partial charge in [0.25, 0.3) is 5.91 Å². The molecule has 1 saturated carbocycles. The van der Waals surface area contributed by atoms with E-state index in [1.165, 1.54) is 12.8 Å². The highest BCUT2D eigenvalue weighted by Crippen LogP contribution is 2.34. The van der Waals surface area contributed by atoms with Gasteiger partial charge in [-0.2, -0.15) is 0 Å². The maximum atomic E-state index is 12.4. The molecule has 4 nitrogen and oxygen atoms in total. The zero-order valence-electron chi connectivity index (χ0n) is 11.9. The summed E-state index contributed by atoms with van der Waals surface area (Å²) < 4.78 is 0. The van der Waals surface area contributed by atoms with Crippen molar-refractivity contribution in [3.63, 3.8) is 0 Å². The minimum atomic E-state index is -0.117. The van der Waals surface area contributed by atoms with Crippen LogP contribution in [0.25, 0.3) is 0 Å². The summed E-state index contributed by atoms with van der Waals surface area (Å²) in [5.74, 6) is 6.54. The van der Waals surface area contributed by atoms with Crippen LogP contribution in [0.2, 0.25) is 5.02 Å². The van der Waals surface area contributed by atoms with Crippen molar-refractivity contribution in [1.29, 1.82) is 0 Å². The van der Waals surface area contributed by atoms with Crippen LogP contribution in [0.1, 0.15) is 43.5 Å². The van der Waals surface area contributed by atoms with E-state index in [2.05, 4.69) is 24.6 Å². The van der Waals surface area contributed by atoms with E-state index in [-0.39, 0.29) is 11.9 Å². The first kappa shape index (κ1) is 15.1. The molecule has 0 spiro atoms. The van der Waals surface area contributed by atoms with Gasteiger partial charge < -0.3 is 10.7 Å². The molecule has 0 radical (unpaired) electrons. The lowest BCUT2D eigenvalue weighted by Gasteiger charge is -2.21. The summed E-state index contributed by atoms with van der Waals surface area (Å²) in [7, 11) is 0. The summed E-state index contributed by atoms with van der Waals surface area (Å²) in [4.78, 5) is 12.4. The summed E-state index contributed by atoms with van der Waals surface area (Å²) in [6.45, 7) is 4.42. The Morgan fingerprint density at radius 1 is 1.45 bits per heavy atom. The van der Waals surface area contributed by atoms with E-state index in [0.717, 1.165) is 6.42 Å². The number of nitrogen functional groups attached to an aromatic ring is 1. The van der Waals surface area contributed by atoms with Crippen LogP contribution in [0, 0.1) is 11.8 Å². The Hall–Kier alpha value is -1.26. The largest absolute Gasteiger partial charge is 0.349 e. The molecule has 1 aromatic carbocycles. The molecular weight excluding hydrogens is 274 g/mol. The molecule has 1 fully saturated rings. The molecule has 0 aliphatic heterocycles. The molecule has 1 aromatic rings. The molecule has 0 heterocycles. The molecule has 3 atom stereocenters. The monoisotopic (exact) mass is 295 g/mol. The number of nitrogens with two attached hydrogens (primary N) is 1. The van der Waals surface area contributed by atoms with Crippen molar-refractivity contribution < 1.29 is 4.79 Å². The first-order valence-electron chi connectivity index (χ1n) is 7.13. The first-order valence-corrected chi connectivity index (χ1v) is 7.51. The summed E-state index contributed by atoms with van der Waals surface area (Å²) in [5, 5.41) is 3.65. The topological polar surface area (TPSA) is 67.2 Å². The number of carbonyl (C=O) groups excluding carboxylic acids is 1. The second kappa shape index (κ2) is 6.46. The van der Waals surface area contributed by atoms with Crippen molar-refractivity contribution in [3.05, 3.63) is 28.8 Å². The summed E-state index contributed by atoms with van der Waals surface area (Å²) >= 11 is 5.96. The molecule has 1 aliphatic rings. The minimum Gasteiger partial charge on any atom is -0.349 e. The van der Waals surface area contributed by atoms with Crippen LogP contribution in [0.15, 0.2) is 18.2 Å². The fraction of sp³-hybridized carbons (Fsp3) is 0.533. The van der Waals surface area contributed by atoms with E-state index in [4.69, 9.17) is 17.4 Å². The van der Waals surface area contributed by atoms with Gasteiger partial charge in [-0.05, 0) is 42.9 Å². The SMILES string of the molecule is CCC1CCC(NC(=O)c2cc(Cl)ccc2NN)C1C. The molecule has 1 aliphatic carbocycles. The summed E-state index contributed by atoms with van der Waals surface area (Å²) in [5.41, 5.74) is 3.62. The standard InChI is InChI=1S/C15H22ClN3O/c1-3-10-4-6-13(9(10)2)18-15(20)12-8-11(16)5-7-14(12)19-17/h5,7-10,13,19H,3-4,6,17H2,1-2H3,(H,18,20). The number of hydrazine groups is 1. The van der Waals surface area contributed by atoms with Crippen LogP contribution >= 0.6 is 11.6 Å². The molecule has 5 heteroatoms. The van der Waals surface area contributed by atoms with Crippen LogP contribution in [-0.4, -0.2) is 11.9 Å². The summed E-state index contributed by atoms with van der Waals surface area (Å²) in [6.07, 6.45) is 3.39.